The summed E-state index contributed by atoms with van der Waals surface area (Å²) in [5.74, 6) is -0.425. The van der Waals surface area contributed by atoms with Crippen LogP contribution >= 0.6 is 0 Å². The van der Waals surface area contributed by atoms with E-state index in [2.05, 4.69) is 39.7 Å². The van der Waals surface area contributed by atoms with Gasteiger partial charge in [-0.05, 0) is 38.6 Å². The molecule has 0 bridgehead atoms. The van der Waals surface area contributed by atoms with Crippen LogP contribution in [0.5, 0.6) is 0 Å². The maximum Gasteiger partial charge on any atom is 0.255 e. The van der Waals surface area contributed by atoms with Crippen molar-refractivity contribution in [2.45, 2.75) is 19.9 Å². The van der Waals surface area contributed by atoms with E-state index in [1.165, 1.54) is 11.6 Å². The first kappa shape index (κ1) is 18.9. The molecule has 0 aliphatic carbocycles. The van der Waals surface area contributed by atoms with Crippen molar-refractivity contribution < 1.29 is 9.18 Å². The van der Waals surface area contributed by atoms with Crippen molar-refractivity contribution in [1.29, 1.82) is 0 Å². The number of aromatic nitrogens is 1. The minimum Gasteiger partial charge on any atom is -0.370 e. The van der Waals surface area contributed by atoms with Gasteiger partial charge in [-0.1, -0.05) is 30.3 Å². The second-order valence-electron chi connectivity index (χ2n) is 5.91. The Hall–Kier alpha value is -2.47. The maximum atomic E-state index is 13.4. The first-order valence-electron chi connectivity index (χ1n) is 8.50. The van der Waals surface area contributed by atoms with Crippen LogP contribution in [0.3, 0.4) is 0 Å². The molecule has 0 saturated carbocycles. The molecular weight excluding hydrogens is 319 g/mol. The molecule has 0 aliphatic heterocycles. The predicted octanol–water partition coefficient (Wildman–Crippen LogP) is 2.90. The number of halogens is 1. The second-order valence-corrected chi connectivity index (χ2v) is 5.91. The summed E-state index contributed by atoms with van der Waals surface area (Å²) in [5.41, 5.74) is 1.50. The molecule has 0 atom stereocenters. The van der Waals surface area contributed by atoms with Gasteiger partial charge in [0.2, 0.25) is 0 Å². The van der Waals surface area contributed by atoms with Gasteiger partial charge in [0.15, 0.2) is 0 Å². The van der Waals surface area contributed by atoms with E-state index in [0.717, 1.165) is 25.7 Å². The summed E-state index contributed by atoms with van der Waals surface area (Å²) in [5, 5.41) is 5.81. The van der Waals surface area contributed by atoms with Gasteiger partial charge in [0.1, 0.15) is 11.6 Å². The SMILES string of the molecule is CCNc1ncc(F)cc1C(=O)NCCCN(C)Cc1ccccc1. The van der Waals surface area contributed by atoms with E-state index >= 15 is 0 Å². The number of rotatable bonds is 9. The molecule has 0 radical (unpaired) electrons. The van der Waals surface area contributed by atoms with E-state index in [1.54, 1.807) is 0 Å². The largest absolute Gasteiger partial charge is 0.370 e. The van der Waals surface area contributed by atoms with Crippen LogP contribution in [0.25, 0.3) is 0 Å². The lowest BCUT2D eigenvalue weighted by molar-refractivity contribution is 0.0952. The fourth-order valence-corrected chi connectivity index (χ4v) is 2.54. The van der Waals surface area contributed by atoms with Crippen LogP contribution in [-0.2, 0) is 6.54 Å². The number of amides is 1. The zero-order valence-corrected chi connectivity index (χ0v) is 14.8. The maximum absolute atomic E-state index is 13.4. The van der Waals surface area contributed by atoms with Gasteiger partial charge in [-0.3, -0.25) is 4.79 Å². The van der Waals surface area contributed by atoms with Crippen molar-refractivity contribution in [2.24, 2.45) is 0 Å². The zero-order chi connectivity index (χ0) is 18.1. The minimum absolute atomic E-state index is 0.236. The summed E-state index contributed by atoms with van der Waals surface area (Å²) in [4.78, 5) is 18.4. The highest BCUT2D eigenvalue weighted by Crippen LogP contribution is 2.13. The molecule has 6 heteroatoms. The smallest absolute Gasteiger partial charge is 0.255 e. The van der Waals surface area contributed by atoms with Crippen LogP contribution in [0.1, 0.15) is 29.3 Å². The Labute approximate surface area is 148 Å². The molecule has 134 valence electrons. The number of nitrogens with one attached hydrogen (secondary N) is 2. The van der Waals surface area contributed by atoms with Crippen LogP contribution in [-0.4, -0.2) is 42.5 Å². The number of anilines is 1. The quantitative estimate of drug-likeness (QED) is 0.687. The molecule has 0 unspecified atom stereocenters. The number of nitrogens with zero attached hydrogens (tertiary/aromatic N) is 2. The lowest BCUT2D eigenvalue weighted by Gasteiger charge is -2.17. The molecule has 0 saturated heterocycles. The van der Waals surface area contributed by atoms with Crippen molar-refractivity contribution in [3.05, 3.63) is 59.5 Å². The highest BCUT2D eigenvalue weighted by molar-refractivity contribution is 5.98. The molecule has 0 spiro atoms. The average Bonchev–Trinajstić information content (AvgIpc) is 2.61. The first-order valence-corrected chi connectivity index (χ1v) is 8.50. The normalized spacial score (nSPS) is 10.7. The minimum atomic E-state index is -0.519. The third-order valence-corrected chi connectivity index (χ3v) is 3.74. The summed E-state index contributed by atoms with van der Waals surface area (Å²) in [6.45, 7) is 4.77. The number of benzene rings is 1. The van der Waals surface area contributed by atoms with Gasteiger partial charge >= 0.3 is 0 Å². The van der Waals surface area contributed by atoms with Gasteiger partial charge in [0.25, 0.3) is 5.91 Å². The van der Waals surface area contributed by atoms with Crippen LogP contribution < -0.4 is 10.6 Å². The molecule has 0 aliphatic rings. The van der Waals surface area contributed by atoms with Crippen molar-refractivity contribution in [1.82, 2.24) is 15.2 Å². The lowest BCUT2D eigenvalue weighted by atomic mass is 10.2. The molecule has 2 N–H and O–H groups in total. The Morgan fingerprint density at radius 1 is 1.28 bits per heavy atom. The zero-order valence-electron chi connectivity index (χ0n) is 14.8. The average molecular weight is 344 g/mol. The van der Waals surface area contributed by atoms with Gasteiger partial charge in [-0.2, -0.15) is 0 Å². The molecular formula is C19H25FN4O. The van der Waals surface area contributed by atoms with Gasteiger partial charge in [0, 0.05) is 19.6 Å². The molecule has 1 amide bonds. The summed E-state index contributed by atoms with van der Waals surface area (Å²) in [7, 11) is 2.05. The third kappa shape index (κ3) is 6.15. The fraction of sp³-hybridized carbons (Fsp3) is 0.368. The molecule has 2 rings (SSSR count). The predicted molar refractivity (Wildman–Crippen MR) is 98.1 cm³/mol. The first-order chi connectivity index (χ1) is 12.1. The highest BCUT2D eigenvalue weighted by atomic mass is 19.1. The number of carbonyl (C=O) groups is 1. The monoisotopic (exact) mass is 344 g/mol. The fourth-order valence-electron chi connectivity index (χ4n) is 2.54. The Kier molecular flexibility index (Phi) is 7.35. The number of carbonyl (C=O) groups excluding carboxylic acids is 1. The van der Waals surface area contributed by atoms with Crippen molar-refractivity contribution >= 4 is 11.7 Å². The van der Waals surface area contributed by atoms with Gasteiger partial charge < -0.3 is 15.5 Å². The van der Waals surface area contributed by atoms with E-state index in [9.17, 15) is 9.18 Å². The standard InChI is InChI=1S/C19H25FN4O/c1-3-21-18-17(12-16(20)13-23-18)19(25)22-10-7-11-24(2)14-15-8-5-4-6-9-15/h4-6,8-9,12-13H,3,7,10-11,14H2,1-2H3,(H,21,23)(H,22,25). The Bertz CT molecular complexity index is 678. The third-order valence-electron chi connectivity index (χ3n) is 3.74. The molecule has 25 heavy (non-hydrogen) atoms. The number of hydrogen-bond donors (Lipinski definition) is 2. The molecule has 1 aromatic carbocycles. The van der Waals surface area contributed by atoms with E-state index in [4.69, 9.17) is 0 Å². The van der Waals surface area contributed by atoms with E-state index in [1.807, 2.05) is 25.1 Å². The number of pyridine rings is 1. The summed E-state index contributed by atoms with van der Waals surface area (Å²) in [6.07, 6.45) is 1.92. The van der Waals surface area contributed by atoms with Crippen LogP contribution in [0.15, 0.2) is 42.6 Å². The highest BCUT2D eigenvalue weighted by Gasteiger charge is 2.13. The van der Waals surface area contributed by atoms with Crippen molar-refractivity contribution in [3.8, 4) is 0 Å². The van der Waals surface area contributed by atoms with Crippen LogP contribution in [0.4, 0.5) is 10.2 Å². The summed E-state index contributed by atoms with van der Waals surface area (Å²) in [6, 6.07) is 11.5. The van der Waals surface area contributed by atoms with E-state index < -0.39 is 5.82 Å². The topological polar surface area (TPSA) is 57.3 Å². The van der Waals surface area contributed by atoms with Gasteiger partial charge in [-0.15, -0.1) is 0 Å². The molecule has 0 fully saturated rings. The Morgan fingerprint density at radius 2 is 2.04 bits per heavy atom. The molecule has 1 heterocycles. The van der Waals surface area contributed by atoms with Crippen molar-refractivity contribution in [3.63, 3.8) is 0 Å². The van der Waals surface area contributed by atoms with Crippen LogP contribution in [0, 0.1) is 5.82 Å². The lowest BCUT2D eigenvalue weighted by Crippen LogP contribution is -2.29. The van der Waals surface area contributed by atoms with Gasteiger partial charge in [0.05, 0.1) is 11.8 Å². The Balaban J connectivity index is 1.78. The van der Waals surface area contributed by atoms with Crippen molar-refractivity contribution in [2.75, 3.05) is 32.0 Å². The Morgan fingerprint density at radius 3 is 2.76 bits per heavy atom. The molecule has 5 nitrogen and oxygen atoms in total. The van der Waals surface area contributed by atoms with E-state index in [-0.39, 0.29) is 11.5 Å². The summed E-state index contributed by atoms with van der Waals surface area (Å²) >= 11 is 0. The molecule has 2 aromatic rings. The molecule has 1 aromatic heterocycles. The number of hydrogen-bond acceptors (Lipinski definition) is 4. The van der Waals surface area contributed by atoms with E-state index in [0.29, 0.717) is 18.9 Å². The summed E-state index contributed by atoms with van der Waals surface area (Å²) < 4.78 is 13.4. The second kappa shape index (κ2) is 9.74. The van der Waals surface area contributed by atoms with Crippen LogP contribution in [0.2, 0.25) is 0 Å². The van der Waals surface area contributed by atoms with Gasteiger partial charge in [-0.25, -0.2) is 9.37 Å².